The average molecular weight is 270 g/mol. The highest BCUT2D eigenvalue weighted by Gasteiger charge is 2.29. The Kier molecular flexibility index (Phi) is 6.12. The standard InChI is InChI=1S/C14H26N2O3/c1-3-4-7-11(12(17)18)16-13(19)15-10-14(2)8-5-6-9-14/h11H,3-10H2,1-2H3,(H,17,18)(H2,15,16,19). The zero-order valence-corrected chi connectivity index (χ0v) is 12.0. The summed E-state index contributed by atoms with van der Waals surface area (Å²) in [5.74, 6) is -0.962. The van der Waals surface area contributed by atoms with Gasteiger partial charge in [0.15, 0.2) is 0 Å². The fourth-order valence-corrected chi connectivity index (χ4v) is 2.57. The van der Waals surface area contributed by atoms with Crippen molar-refractivity contribution in [3.8, 4) is 0 Å². The second-order valence-corrected chi connectivity index (χ2v) is 5.88. The average Bonchev–Trinajstić information content (AvgIpc) is 2.79. The van der Waals surface area contributed by atoms with Gasteiger partial charge in [0.25, 0.3) is 0 Å². The molecule has 0 saturated heterocycles. The molecule has 3 N–H and O–H groups in total. The first-order valence-electron chi connectivity index (χ1n) is 7.24. The molecule has 19 heavy (non-hydrogen) atoms. The maximum Gasteiger partial charge on any atom is 0.326 e. The lowest BCUT2D eigenvalue weighted by molar-refractivity contribution is -0.139. The second-order valence-electron chi connectivity index (χ2n) is 5.88. The number of nitrogens with one attached hydrogen (secondary N) is 2. The predicted octanol–water partition coefficient (Wildman–Crippen LogP) is 2.51. The van der Waals surface area contributed by atoms with Crippen LogP contribution in [0.25, 0.3) is 0 Å². The third kappa shape index (κ3) is 5.49. The molecule has 0 bridgehead atoms. The molecule has 1 fully saturated rings. The summed E-state index contributed by atoms with van der Waals surface area (Å²) in [6.45, 7) is 4.80. The Bertz CT molecular complexity index is 312. The van der Waals surface area contributed by atoms with Gasteiger partial charge in [0.1, 0.15) is 6.04 Å². The topological polar surface area (TPSA) is 78.4 Å². The molecule has 0 aromatic rings. The molecule has 0 aliphatic heterocycles. The van der Waals surface area contributed by atoms with Gasteiger partial charge in [-0.3, -0.25) is 0 Å². The first kappa shape index (κ1) is 15.8. The van der Waals surface area contributed by atoms with E-state index in [4.69, 9.17) is 5.11 Å². The molecular formula is C14H26N2O3. The summed E-state index contributed by atoms with van der Waals surface area (Å²) >= 11 is 0. The molecule has 1 unspecified atom stereocenters. The van der Waals surface area contributed by atoms with Gasteiger partial charge in [0.05, 0.1) is 0 Å². The Morgan fingerprint density at radius 3 is 2.47 bits per heavy atom. The van der Waals surface area contributed by atoms with Crippen molar-refractivity contribution in [2.45, 2.75) is 64.8 Å². The summed E-state index contributed by atoms with van der Waals surface area (Å²) in [6.07, 6.45) is 6.90. The minimum atomic E-state index is -0.962. The minimum Gasteiger partial charge on any atom is -0.480 e. The summed E-state index contributed by atoms with van der Waals surface area (Å²) in [7, 11) is 0. The smallest absolute Gasteiger partial charge is 0.326 e. The van der Waals surface area contributed by atoms with E-state index in [9.17, 15) is 9.59 Å². The van der Waals surface area contributed by atoms with Gasteiger partial charge >= 0.3 is 12.0 Å². The van der Waals surface area contributed by atoms with Crippen LogP contribution in [0.1, 0.15) is 58.8 Å². The van der Waals surface area contributed by atoms with Gasteiger partial charge in [-0.05, 0) is 24.7 Å². The van der Waals surface area contributed by atoms with Gasteiger partial charge in [-0.15, -0.1) is 0 Å². The van der Waals surface area contributed by atoms with Crippen LogP contribution in [0.5, 0.6) is 0 Å². The van der Waals surface area contributed by atoms with Crippen LogP contribution < -0.4 is 10.6 Å². The van der Waals surface area contributed by atoms with Gasteiger partial charge in [0.2, 0.25) is 0 Å². The predicted molar refractivity (Wildman–Crippen MR) is 74.1 cm³/mol. The summed E-state index contributed by atoms with van der Waals surface area (Å²) in [4.78, 5) is 22.8. The molecule has 5 heteroatoms. The SMILES string of the molecule is CCCCC(NC(=O)NCC1(C)CCCC1)C(=O)O. The van der Waals surface area contributed by atoms with Crippen LogP contribution in [0.4, 0.5) is 4.79 Å². The van der Waals surface area contributed by atoms with Crippen LogP contribution in [0, 0.1) is 5.41 Å². The molecule has 1 aliphatic rings. The van der Waals surface area contributed by atoms with Gasteiger partial charge in [-0.25, -0.2) is 9.59 Å². The molecule has 0 aromatic heterocycles. The van der Waals surface area contributed by atoms with Crippen LogP contribution in [-0.4, -0.2) is 29.7 Å². The van der Waals surface area contributed by atoms with E-state index in [1.54, 1.807) is 0 Å². The molecule has 0 spiro atoms. The maximum atomic E-state index is 11.7. The van der Waals surface area contributed by atoms with E-state index in [2.05, 4.69) is 17.6 Å². The molecular weight excluding hydrogens is 244 g/mol. The molecule has 0 radical (unpaired) electrons. The number of carbonyl (C=O) groups excluding carboxylic acids is 1. The molecule has 5 nitrogen and oxygen atoms in total. The van der Waals surface area contributed by atoms with E-state index in [0.29, 0.717) is 13.0 Å². The van der Waals surface area contributed by atoms with E-state index in [-0.39, 0.29) is 11.4 Å². The van der Waals surface area contributed by atoms with E-state index in [1.807, 2.05) is 6.92 Å². The summed E-state index contributed by atoms with van der Waals surface area (Å²) in [6, 6.07) is -1.15. The second kappa shape index (κ2) is 7.36. The Balaban J connectivity index is 2.33. The van der Waals surface area contributed by atoms with Crippen molar-refractivity contribution in [3.05, 3.63) is 0 Å². The number of amides is 2. The third-order valence-corrected chi connectivity index (χ3v) is 3.94. The van der Waals surface area contributed by atoms with Gasteiger partial charge in [-0.1, -0.05) is 39.5 Å². The maximum absolute atomic E-state index is 11.7. The number of unbranched alkanes of at least 4 members (excludes halogenated alkanes) is 1. The van der Waals surface area contributed by atoms with Crippen molar-refractivity contribution in [2.24, 2.45) is 5.41 Å². The van der Waals surface area contributed by atoms with Crippen LogP contribution in [0.2, 0.25) is 0 Å². The monoisotopic (exact) mass is 270 g/mol. The van der Waals surface area contributed by atoms with Crippen molar-refractivity contribution in [1.29, 1.82) is 0 Å². The van der Waals surface area contributed by atoms with Crippen molar-refractivity contribution in [1.82, 2.24) is 10.6 Å². The Morgan fingerprint density at radius 2 is 1.95 bits per heavy atom. The van der Waals surface area contributed by atoms with E-state index in [1.165, 1.54) is 12.8 Å². The number of rotatable bonds is 7. The lowest BCUT2D eigenvalue weighted by Gasteiger charge is -2.24. The molecule has 1 saturated carbocycles. The highest BCUT2D eigenvalue weighted by Crippen LogP contribution is 2.36. The fourth-order valence-electron chi connectivity index (χ4n) is 2.57. The lowest BCUT2D eigenvalue weighted by atomic mass is 9.89. The van der Waals surface area contributed by atoms with Crippen molar-refractivity contribution < 1.29 is 14.7 Å². The molecule has 1 rings (SSSR count). The number of carbonyl (C=O) groups is 2. The lowest BCUT2D eigenvalue weighted by Crippen LogP contribution is -2.48. The number of hydrogen-bond donors (Lipinski definition) is 3. The first-order chi connectivity index (χ1) is 8.97. The van der Waals surface area contributed by atoms with E-state index < -0.39 is 12.0 Å². The van der Waals surface area contributed by atoms with Gasteiger partial charge in [0, 0.05) is 6.54 Å². The highest BCUT2D eigenvalue weighted by atomic mass is 16.4. The molecule has 1 atom stereocenters. The third-order valence-electron chi connectivity index (χ3n) is 3.94. The Hall–Kier alpha value is -1.26. The van der Waals surface area contributed by atoms with E-state index in [0.717, 1.165) is 25.7 Å². The quantitative estimate of drug-likeness (QED) is 0.665. The fraction of sp³-hybridized carbons (Fsp3) is 0.857. The van der Waals surface area contributed by atoms with Gasteiger partial charge < -0.3 is 15.7 Å². The van der Waals surface area contributed by atoms with Crippen LogP contribution in [0.3, 0.4) is 0 Å². The van der Waals surface area contributed by atoms with Crippen molar-refractivity contribution in [2.75, 3.05) is 6.54 Å². The summed E-state index contributed by atoms with van der Waals surface area (Å²) in [5, 5.41) is 14.4. The zero-order valence-electron chi connectivity index (χ0n) is 12.0. The molecule has 0 heterocycles. The molecule has 1 aliphatic carbocycles. The molecule has 0 aromatic carbocycles. The number of carboxylic acid groups (broad SMARTS) is 1. The number of urea groups is 1. The normalized spacial score (nSPS) is 18.8. The summed E-state index contributed by atoms with van der Waals surface area (Å²) in [5.41, 5.74) is 0.180. The number of carboxylic acids is 1. The number of hydrogen-bond acceptors (Lipinski definition) is 2. The number of aliphatic carboxylic acids is 1. The largest absolute Gasteiger partial charge is 0.480 e. The van der Waals surface area contributed by atoms with Crippen LogP contribution in [-0.2, 0) is 4.79 Å². The van der Waals surface area contributed by atoms with Crippen molar-refractivity contribution >= 4 is 12.0 Å². The van der Waals surface area contributed by atoms with Crippen molar-refractivity contribution in [3.63, 3.8) is 0 Å². The van der Waals surface area contributed by atoms with Crippen LogP contribution in [0.15, 0.2) is 0 Å². The Labute approximate surface area is 115 Å². The highest BCUT2D eigenvalue weighted by molar-refractivity contribution is 5.82. The van der Waals surface area contributed by atoms with Crippen LogP contribution >= 0.6 is 0 Å². The first-order valence-corrected chi connectivity index (χ1v) is 7.24. The zero-order chi connectivity index (χ0) is 14.3. The van der Waals surface area contributed by atoms with E-state index >= 15 is 0 Å². The minimum absolute atomic E-state index is 0.180. The molecule has 2 amide bonds. The summed E-state index contributed by atoms with van der Waals surface area (Å²) < 4.78 is 0. The van der Waals surface area contributed by atoms with Gasteiger partial charge in [-0.2, -0.15) is 0 Å². The molecule has 110 valence electrons. The Morgan fingerprint density at radius 1 is 1.32 bits per heavy atom.